The van der Waals surface area contributed by atoms with E-state index in [1.54, 1.807) is 12.1 Å². The Balaban J connectivity index is 1.87. The molecular weight excluding hydrogens is 329 g/mol. The summed E-state index contributed by atoms with van der Waals surface area (Å²) >= 11 is 0. The molecule has 25 heavy (non-hydrogen) atoms. The van der Waals surface area contributed by atoms with Crippen LogP contribution in [0, 0.1) is 12.8 Å². The zero-order chi connectivity index (χ0) is 18.4. The summed E-state index contributed by atoms with van der Waals surface area (Å²) in [5.74, 6) is 1.48. The molecule has 1 aromatic carbocycles. The van der Waals surface area contributed by atoms with Crippen LogP contribution >= 0.6 is 0 Å². The van der Waals surface area contributed by atoms with Crippen LogP contribution in [0.15, 0.2) is 29.8 Å². The van der Waals surface area contributed by atoms with E-state index in [1.807, 2.05) is 6.92 Å². The molecule has 0 radical (unpaired) electrons. The Hall–Kier alpha value is -2.24. The number of alkyl halides is 3. The van der Waals surface area contributed by atoms with E-state index in [9.17, 15) is 13.2 Å². The van der Waals surface area contributed by atoms with Gasteiger partial charge in [0.25, 0.3) is 0 Å². The van der Waals surface area contributed by atoms with Gasteiger partial charge in [-0.15, -0.1) is 13.2 Å². The molecule has 3 rings (SSSR count). The lowest BCUT2D eigenvalue weighted by Crippen LogP contribution is -2.18. The summed E-state index contributed by atoms with van der Waals surface area (Å²) in [4.78, 5) is 4.66. The zero-order valence-corrected chi connectivity index (χ0v) is 14.7. The molecule has 0 amide bonds. The number of halogens is 3. The van der Waals surface area contributed by atoms with Gasteiger partial charge in [0.15, 0.2) is 0 Å². The Bertz CT molecular complexity index is 803. The first-order valence-corrected chi connectivity index (χ1v) is 8.25. The summed E-state index contributed by atoms with van der Waals surface area (Å²) in [7, 11) is 0. The van der Waals surface area contributed by atoms with Gasteiger partial charge in [-0.3, -0.25) is 0 Å². The molecule has 1 aliphatic rings. The van der Waals surface area contributed by atoms with Crippen LogP contribution in [0.2, 0.25) is 0 Å². The summed E-state index contributed by atoms with van der Waals surface area (Å²) in [6.45, 7) is 9.05. The summed E-state index contributed by atoms with van der Waals surface area (Å²) in [5, 5.41) is 0. The molecule has 1 aliphatic carbocycles. The fourth-order valence-electron chi connectivity index (χ4n) is 3.35. The first kappa shape index (κ1) is 17.6. The van der Waals surface area contributed by atoms with Crippen LogP contribution in [0.1, 0.15) is 49.5 Å². The van der Waals surface area contributed by atoms with E-state index in [2.05, 4.69) is 41.1 Å². The maximum Gasteiger partial charge on any atom is 0.573 e. The van der Waals surface area contributed by atoms with Crippen molar-refractivity contribution in [3.8, 4) is 5.75 Å². The number of benzene rings is 1. The topological polar surface area (TPSA) is 27.1 Å². The Morgan fingerprint density at radius 3 is 2.32 bits per heavy atom. The second-order valence-corrected chi connectivity index (χ2v) is 6.67. The maximum absolute atomic E-state index is 12.3. The van der Waals surface area contributed by atoms with Gasteiger partial charge in [0.2, 0.25) is 0 Å². The number of hydrogen-bond acceptors (Lipinski definition) is 2. The second-order valence-electron chi connectivity index (χ2n) is 6.67. The fraction of sp³-hybridized carbons (Fsp3) is 0.421. The van der Waals surface area contributed by atoms with Gasteiger partial charge in [-0.2, -0.15) is 0 Å². The highest BCUT2D eigenvalue weighted by Gasteiger charge is 2.31. The van der Waals surface area contributed by atoms with E-state index < -0.39 is 6.36 Å². The van der Waals surface area contributed by atoms with Gasteiger partial charge in [0.1, 0.15) is 11.6 Å². The van der Waals surface area contributed by atoms with Crippen LogP contribution in [-0.4, -0.2) is 15.9 Å². The molecule has 2 atom stereocenters. The number of ether oxygens (including phenoxy) is 1. The lowest BCUT2D eigenvalue weighted by molar-refractivity contribution is -0.274. The van der Waals surface area contributed by atoms with Crippen LogP contribution in [0.25, 0.3) is 6.08 Å². The van der Waals surface area contributed by atoms with Gasteiger partial charge in [-0.05, 0) is 43.5 Å². The Kier molecular flexibility index (Phi) is 4.39. The van der Waals surface area contributed by atoms with Gasteiger partial charge in [0.05, 0.1) is 5.69 Å². The number of aryl methyl sites for hydroxylation is 1. The molecule has 0 spiro atoms. The molecule has 6 heteroatoms. The van der Waals surface area contributed by atoms with Crippen molar-refractivity contribution in [2.75, 3.05) is 0 Å². The Labute approximate surface area is 145 Å². The van der Waals surface area contributed by atoms with Crippen LogP contribution < -0.4 is 4.74 Å². The number of fused-ring (bicyclic) bond motifs is 1. The standard InChI is InChI=1S/C19H21F3N2O/c1-11-9-17-18(13(3)12(11)2)24(14(4)23-17)10-15-5-7-16(8-6-15)25-19(20,21)22/h5-9,12-13H,10H2,1-4H3. The van der Waals surface area contributed by atoms with Crippen molar-refractivity contribution in [1.82, 2.24) is 9.55 Å². The normalized spacial score (nSPS) is 20.2. The summed E-state index contributed by atoms with van der Waals surface area (Å²) in [5.41, 5.74) is 4.41. The molecule has 1 aromatic heterocycles. The fourth-order valence-corrected chi connectivity index (χ4v) is 3.35. The molecule has 0 fully saturated rings. The highest BCUT2D eigenvalue weighted by atomic mass is 19.4. The molecule has 2 aromatic rings. The third-order valence-electron chi connectivity index (χ3n) is 4.99. The highest BCUT2D eigenvalue weighted by Crippen LogP contribution is 2.38. The van der Waals surface area contributed by atoms with Crippen molar-refractivity contribution in [3.63, 3.8) is 0 Å². The van der Waals surface area contributed by atoms with E-state index in [1.165, 1.54) is 23.4 Å². The SMILES string of the molecule is CC1=Cc2nc(C)n(Cc3ccc(OC(F)(F)F)cc3)c2C(C)C1C. The summed E-state index contributed by atoms with van der Waals surface area (Å²) in [6.07, 6.45) is -2.54. The Morgan fingerprint density at radius 2 is 1.72 bits per heavy atom. The minimum atomic E-state index is -4.67. The number of aromatic nitrogens is 2. The highest BCUT2D eigenvalue weighted by molar-refractivity contribution is 5.57. The predicted octanol–water partition coefficient (Wildman–Crippen LogP) is 5.29. The molecule has 1 heterocycles. The maximum atomic E-state index is 12.3. The quantitative estimate of drug-likeness (QED) is 0.751. The van der Waals surface area contributed by atoms with E-state index >= 15 is 0 Å². The lowest BCUT2D eigenvalue weighted by atomic mass is 9.81. The number of allylic oxidation sites excluding steroid dienone is 1. The van der Waals surface area contributed by atoms with Crippen LogP contribution in [-0.2, 0) is 6.54 Å². The predicted molar refractivity (Wildman–Crippen MR) is 90.4 cm³/mol. The third kappa shape index (κ3) is 3.57. The minimum Gasteiger partial charge on any atom is -0.406 e. The van der Waals surface area contributed by atoms with E-state index in [-0.39, 0.29) is 5.75 Å². The van der Waals surface area contributed by atoms with E-state index in [4.69, 9.17) is 0 Å². The first-order chi connectivity index (χ1) is 11.7. The van der Waals surface area contributed by atoms with Crippen LogP contribution in [0.3, 0.4) is 0 Å². The van der Waals surface area contributed by atoms with Gasteiger partial charge in [-0.1, -0.05) is 31.6 Å². The van der Waals surface area contributed by atoms with Gasteiger partial charge >= 0.3 is 6.36 Å². The third-order valence-corrected chi connectivity index (χ3v) is 4.99. The number of hydrogen-bond donors (Lipinski definition) is 0. The first-order valence-electron chi connectivity index (χ1n) is 8.25. The Morgan fingerprint density at radius 1 is 1.08 bits per heavy atom. The molecular formula is C19H21F3N2O. The zero-order valence-electron chi connectivity index (χ0n) is 14.7. The average Bonchev–Trinajstić information content (AvgIpc) is 2.81. The monoisotopic (exact) mass is 350 g/mol. The number of nitrogens with zero attached hydrogens (tertiary/aromatic N) is 2. The molecule has 0 bridgehead atoms. The van der Waals surface area contributed by atoms with Crippen molar-refractivity contribution in [2.45, 2.75) is 46.5 Å². The summed E-state index contributed by atoms with van der Waals surface area (Å²) in [6, 6.07) is 6.01. The summed E-state index contributed by atoms with van der Waals surface area (Å²) < 4.78 is 42.9. The largest absolute Gasteiger partial charge is 0.573 e. The van der Waals surface area contributed by atoms with E-state index in [0.29, 0.717) is 18.4 Å². The number of imidazole rings is 1. The van der Waals surface area contributed by atoms with Crippen molar-refractivity contribution < 1.29 is 17.9 Å². The molecule has 3 nitrogen and oxygen atoms in total. The van der Waals surface area contributed by atoms with Crippen LogP contribution in [0.4, 0.5) is 13.2 Å². The molecule has 0 saturated carbocycles. The van der Waals surface area contributed by atoms with Crippen molar-refractivity contribution in [2.24, 2.45) is 5.92 Å². The molecule has 0 N–H and O–H groups in total. The molecule has 0 aliphatic heterocycles. The van der Waals surface area contributed by atoms with Crippen molar-refractivity contribution in [3.05, 3.63) is 52.6 Å². The molecule has 134 valence electrons. The van der Waals surface area contributed by atoms with Crippen molar-refractivity contribution >= 4 is 6.08 Å². The van der Waals surface area contributed by atoms with Gasteiger partial charge in [-0.25, -0.2) is 4.98 Å². The van der Waals surface area contributed by atoms with E-state index in [0.717, 1.165) is 17.1 Å². The van der Waals surface area contributed by atoms with Gasteiger partial charge < -0.3 is 9.30 Å². The molecule has 0 saturated heterocycles. The number of rotatable bonds is 3. The van der Waals surface area contributed by atoms with Crippen LogP contribution in [0.5, 0.6) is 5.75 Å². The smallest absolute Gasteiger partial charge is 0.406 e. The minimum absolute atomic E-state index is 0.207. The second kappa shape index (κ2) is 6.24. The van der Waals surface area contributed by atoms with Crippen molar-refractivity contribution in [1.29, 1.82) is 0 Å². The average molecular weight is 350 g/mol. The lowest BCUT2D eigenvalue weighted by Gasteiger charge is -2.27. The molecule has 2 unspecified atom stereocenters. The van der Waals surface area contributed by atoms with Gasteiger partial charge in [0, 0.05) is 18.2 Å².